The van der Waals surface area contributed by atoms with Gasteiger partial charge in [-0.05, 0) is 125 Å². The lowest BCUT2D eigenvalue weighted by Gasteiger charge is -2.53. The third-order valence-corrected chi connectivity index (χ3v) is 12.3. The van der Waals surface area contributed by atoms with E-state index in [4.69, 9.17) is 9.51 Å². The number of fused-ring (bicyclic) bond motifs is 5. The first-order chi connectivity index (χ1) is 21.2. The van der Waals surface area contributed by atoms with Crippen molar-refractivity contribution in [3.63, 3.8) is 0 Å². The third-order valence-electron chi connectivity index (χ3n) is 12.3. The molecule has 1 aromatic carbocycles. The minimum atomic E-state index is -1.14. The molecule has 8 nitrogen and oxygen atoms in total. The van der Waals surface area contributed by atoms with Gasteiger partial charge in [0, 0.05) is 41.2 Å². The number of rotatable bonds is 7. The van der Waals surface area contributed by atoms with Gasteiger partial charge in [0.15, 0.2) is 11.5 Å². The Balaban J connectivity index is 1.04. The summed E-state index contributed by atoms with van der Waals surface area (Å²) >= 11 is 0. The number of nitrogens with zero attached hydrogens (tertiary/aromatic N) is 6. The molecule has 9 heteroatoms. The van der Waals surface area contributed by atoms with Gasteiger partial charge in [-0.1, -0.05) is 17.3 Å². The molecule has 0 radical (unpaired) electrons. The topological polar surface area (TPSA) is 89.4 Å². The van der Waals surface area contributed by atoms with Gasteiger partial charge < -0.3 is 9.42 Å². The maximum Gasteiger partial charge on any atom is 0.232 e. The van der Waals surface area contributed by atoms with Crippen LogP contribution in [0, 0.1) is 31.1 Å². The average Bonchev–Trinajstić information content (AvgIpc) is 3.35. The molecule has 7 fully saturated rings. The summed E-state index contributed by atoms with van der Waals surface area (Å²) in [6, 6.07) is 8.37. The molecule has 44 heavy (non-hydrogen) atoms. The highest BCUT2D eigenvalue weighted by atomic mass is 19.1. The van der Waals surface area contributed by atoms with E-state index in [2.05, 4.69) is 47.3 Å². The number of aromatic nitrogens is 5. The summed E-state index contributed by atoms with van der Waals surface area (Å²) in [5.41, 5.74) is 4.99. The maximum absolute atomic E-state index is 15.1. The van der Waals surface area contributed by atoms with E-state index in [1.807, 2.05) is 21.7 Å². The van der Waals surface area contributed by atoms with Crippen molar-refractivity contribution < 1.29 is 13.7 Å². The summed E-state index contributed by atoms with van der Waals surface area (Å²) in [6.07, 6.45) is 13.5. The van der Waals surface area contributed by atoms with Gasteiger partial charge in [0.2, 0.25) is 11.8 Å². The summed E-state index contributed by atoms with van der Waals surface area (Å²) in [4.78, 5) is 25.8. The van der Waals surface area contributed by atoms with E-state index in [-0.39, 0.29) is 28.6 Å². The van der Waals surface area contributed by atoms with Crippen LogP contribution in [0.5, 0.6) is 0 Å². The number of hydrogen-bond donors (Lipinski definition) is 0. The molecule has 7 aliphatic rings. The van der Waals surface area contributed by atoms with E-state index < -0.39 is 5.67 Å². The maximum atomic E-state index is 15.1. The summed E-state index contributed by atoms with van der Waals surface area (Å²) in [5.74, 6) is 2.25. The van der Waals surface area contributed by atoms with Crippen LogP contribution < -0.4 is 4.90 Å². The lowest BCUT2D eigenvalue weighted by Crippen LogP contribution is -2.51. The molecular formula is C35H39FN6O2. The normalized spacial score (nSPS) is 32.2. The first kappa shape index (κ1) is 26.8. The first-order valence-electron chi connectivity index (χ1n) is 16.5. The molecule has 7 saturated carbocycles. The van der Waals surface area contributed by atoms with Gasteiger partial charge in [0.05, 0.1) is 0 Å². The van der Waals surface area contributed by atoms with Crippen molar-refractivity contribution in [1.29, 1.82) is 0 Å². The van der Waals surface area contributed by atoms with Gasteiger partial charge in [0.25, 0.3) is 0 Å². The fourth-order valence-electron chi connectivity index (χ4n) is 9.13. The van der Waals surface area contributed by atoms with E-state index in [0.717, 1.165) is 83.8 Å². The monoisotopic (exact) mass is 594 g/mol. The number of benzene rings is 1. The number of aryl methyl sites for hydroxylation is 1. The molecule has 0 spiro atoms. The SMILES string of the molecule is Cc1c(-c2cccc(N(CC34CCC(c5nc(C6CC6)no5)(CC3)CC4)C(=O)C3CC4(F)CC3C4)c2)cn2ncnc2c1C. The van der Waals surface area contributed by atoms with E-state index >= 15 is 4.39 Å². The van der Waals surface area contributed by atoms with Gasteiger partial charge in [-0.3, -0.25) is 4.79 Å². The highest BCUT2D eigenvalue weighted by Gasteiger charge is 2.60. The molecule has 1 unspecified atom stereocenters. The molecule has 3 aromatic heterocycles. The third kappa shape index (κ3) is 4.03. The molecule has 1 amide bonds. The van der Waals surface area contributed by atoms with Crippen LogP contribution in [0.4, 0.5) is 10.1 Å². The Morgan fingerprint density at radius 3 is 2.55 bits per heavy atom. The van der Waals surface area contributed by atoms with Crippen molar-refractivity contribution >= 4 is 17.2 Å². The number of carbonyl (C=O) groups excluding carboxylic acids is 1. The molecule has 4 bridgehead atoms. The van der Waals surface area contributed by atoms with Gasteiger partial charge in [-0.25, -0.2) is 13.9 Å². The fourth-order valence-corrected chi connectivity index (χ4v) is 9.13. The zero-order chi connectivity index (χ0) is 29.8. The molecule has 228 valence electrons. The van der Waals surface area contributed by atoms with Crippen molar-refractivity contribution in [3.05, 3.63) is 59.6 Å². The summed E-state index contributed by atoms with van der Waals surface area (Å²) in [7, 11) is 0. The Kier molecular flexibility index (Phi) is 5.60. The van der Waals surface area contributed by atoms with Crippen LogP contribution in [0.25, 0.3) is 16.8 Å². The Labute approximate surface area is 256 Å². The van der Waals surface area contributed by atoms with Crippen LogP contribution in [0.15, 0.2) is 41.3 Å². The van der Waals surface area contributed by atoms with Crippen molar-refractivity contribution in [2.24, 2.45) is 17.3 Å². The smallest absolute Gasteiger partial charge is 0.232 e. The highest BCUT2D eigenvalue weighted by molar-refractivity contribution is 5.96. The fraction of sp³-hybridized carbons (Fsp3) is 0.571. The Morgan fingerprint density at radius 2 is 1.84 bits per heavy atom. The summed E-state index contributed by atoms with van der Waals surface area (Å²) in [5, 5.41) is 8.73. The van der Waals surface area contributed by atoms with Gasteiger partial charge in [-0.2, -0.15) is 10.1 Å². The van der Waals surface area contributed by atoms with Gasteiger partial charge >= 0.3 is 0 Å². The second kappa shape index (κ2) is 9.21. The zero-order valence-corrected chi connectivity index (χ0v) is 25.6. The second-order valence-corrected chi connectivity index (χ2v) is 14.9. The van der Waals surface area contributed by atoms with E-state index in [0.29, 0.717) is 31.7 Å². The van der Waals surface area contributed by atoms with Gasteiger partial charge in [0.1, 0.15) is 12.0 Å². The number of pyridine rings is 1. The predicted molar refractivity (Wildman–Crippen MR) is 163 cm³/mol. The average molecular weight is 595 g/mol. The van der Waals surface area contributed by atoms with Crippen molar-refractivity contribution in [3.8, 4) is 11.1 Å². The number of amides is 1. The van der Waals surface area contributed by atoms with Crippen LogP contribution in [-0.2, 0) is 10.2 Å². The van der Waals surface area contributed by atoms with Crippen LogP contribution in [0.1, 0.15) is 99.4 Å². The minimum absolute atomic E-state index is 0.0284. The predicted octanol–water partition coefficient (Wildman–Crippen LogP) is 7.04. The van der Waals surface area contributed by atoms with Crippen LogP contribution in [0.2, 0.25) is 0 Å². The number of alkyl halides is 1. The summed E-state index contributed by atoms with van der Waals surface area (Å²) < 4.78 is 22.8. The van der Waals surface area contributed by atoms with Crippen LogP contribution in [-0.4, -0.2) is 42.9 Å². The van der Waals surface area contributed by atoms with Crippen molar-refractivity contribution in [1.82, 2.24) is 24.7 Å². The quantitative estimate of drug-likeness (QED) is 0.228. The Hall–Kier alpha value is -3.62. The second-order valence-electron chi connectivity index (χ2n) is 14.9. The number of anilines is 1. The molecule has 1 atom stereocenters. The van der Waals surface area contributed by atoms with Crippen LogP contribution >= 0.6 is 0 Å². The molecule has 7 aliphatic carbocycles. The van der Waals surface area contributed by atoms with E-state index in [1.165, 1.54) is 12.8 Å². The first-order valence-corrected chi connectivity index (χ1v) is 16.5. The minimum Gasteiger partial charge on any atom is -0.339 e. The van der Waals surface area contributed by atoms with E-state index in [9.17, 15) is 4.79 Å². The largest absolute Gasteiger partial charge is 0.339 e. The van der Waals surface area contributed by atoms with Gasteiger partial charge in [-0.15, -0.1) is 0 Å². The number of hydrogen-bond acceptors (Lipinski definition) is 6. The standard InChI is InChI=1S/C35H39FN6O2/c1-21-22(2)30-37-20-38-42(30)18-28(21)24-4-3-5-26(14-24)41(31(43)27-17-35(36)15-25(27)16-35)19-33-8-11-34(12-9-33,13-10-33)32-39-29(40-44-32)23-6-7-23/h3-5,14,18,20,23,25,27H,6-13,15-17,19H2,1-2H3. The molecule has 0 saturated heterocycles. The van der Waals surface area contributed by atoms with E-state index in [1.54, 1.807) is 6.33 Å². The Bertz CT molecular complexity index is 1770. The highest BCUT2D eigenvalue weighted by Crippen LogP contribution is 2.60. The van der Waals surface area contributed by atoms with Crippen molar-refractivity contribution in [2.75, 3.05) is 11.4 Å². The lowest BCUT2D eigenvalue weighted by atomic mass is 9.53. The molecule has 0 N–H and O–H groups in total. The van der Waals surface area contributed by atoms with Crippen LogP contribution in [0.3, 0.4) is 0 Å². The Morgan fingerprint density at radius 1 is 1.07 bits per heavy atom. The molecule has 3 heterocycles. The lowest BCUT2D eigenvalue weighted by molar-refractivity contribution is -0.123. The zero-order valence-electron chi connectivity index (χ0n) is 25.6. The number of carbonyl (C=O) groups is 1. The molecule has 4 aromatic rings. The summed E-state index contributed by atoms with van der Waals surface area (Å²) in [6.45, 7) is 4.87. The molecule has 0 aliphatic heterocycles. The van der Waals surface area contributed by atoms with Crippen molar-refractivity contribution in [2.45, 2.75) is 101 Å². The molecular weight excluding hydrogens is 555 g/mol. The number of halogens is 1. The molecule has 11 rings (SSSR count).